The highest BCUT2D eigenvalue weighted by Gasteiger charge is 2.04. The van der Waals surface area contributed by atoms with Gasteiger partial charge in [-0.25, -0.2) is 0 Å². The Morgan fingerprint density at radius 3 is 2.64 bits per heavy atom. The fourth-order valence-corrected chi connectivity index (χ4v) is 1.58. The van der Waals surface area contributed by atoms with E-state index in [9.17, 15) is 4.79 Å². The number of aromatic nitrogens is 1. The first-order valence-electron chi connectivity index (χ1n) is 4.20. The zero-order valence-electron chi connectivity index (χ0n) is 7.35. The van der Waals surface area contributed by atoms with Crippen LogP contribution >= 0.6 is 11.6 Å². The molecule has 70 valence electrons. The van der Waals surface area contributed by atoms with Gasteiger partial charge in [0.15, 0.2) is 6.29 Å². The van der Waals surface area contributed by atoms with Crippen LogP contribution in [0.1, 0.15) is 10.5 Å². The average Bonchev–Trinajstić information content (AvgIpc) is 2.66. The lowest BCUT2D eigenvalue weighted by atomic mass is 10.3. The molecule has 0 saturated carbocycles. The van der Waals surface area contributed by atoms with E-state index in [1.165, 1.54) is 0 Å². The van der Waals surface area contributed by atoms with Crippen molar-refractivity contribution in [3.63, 3.8) is 0 Å². The predicted molar refractivity (Wildman–Crippen MR) is 56.2 cm³/mol. The minimum absolute atomic E-state index is 0.595. The van der Waals surface area contributed by atoms with Crippen LogP contribution in [0.25, 0.3) is 5.69 Å². The van der Waals surface area contributed by atoms with Crippen LogP contribution in [-0.4, -0.2) is 10.9 Å². The third-order valence-electron chi connectivity index (χ3n) is 2.01. The van der Waals surface area contributed by atoms with Gasteiger partial charge in [-0.1, -0.05) is 23.7 Å². The van der Waals surface area contributed by atoms with Gasteiger partial charge in [-0.15, -0.1) is 0 Å². The Hall–Kier alpha value is -1.54. The molecule has 1 aromatic carbocycles. The molecule has 0 radical (unpaired) electrons. The molecule has 1 heterocycles. The van der Waals surface area contributed by atoms with Crippen LogP contribution in [0.4, 0.5) is 0 Å². The van der Waals surface area contributed by atoms with Crippen molar-refractivity contribution in [3.05, 3.63) is 53.3 Å². The Morgan fingerprint density at radius 1 is 1.14 bits per heavy atom. The summed E-state index contributed by atoms with van der Waals surface area (Å²) in [6.07, 6.45) is 2.62. The van der Waals surface area contributed by atoms with Crippen molar-refractivity contribution in [2.75, 3.05) is 0 Å². The number of carbonyl (C=O) groups excluding carboxylic acids is 1. The SMILES string of the molecule is O=Cc1cccn1-c1ccccc1Cl. The van der Waals surface area contributed by atoms with Gasteiger partial charge in [0.05, 0.1) is 16.4 Å². The minimum Gasteiger partial charge on any atom is -0.313 e. The molecular formula is C11H8ClNO. The Bertz CT molecular complexity index is 462. The average molecular weight is 206 g/mol. The molecule has 0 bridgehead atoms. The van der Waals surface area contributed by atoms with Crippen molar-refractivity contribution < 1.29 is 4.79 Å². The number of aldehydes is 1. The summed E-state index contributed by atoms with van der Waals surface area (Å²) < 4.78 is 1.76. The summed E-state index contributed by atoms with van der Waals surface area (Å²) in [5.41, 5.74) is 1.42. The maximum atomic E-state index is 10.7. The third-order valence-corrected chi connectivity index (χ3v) is 2.33. The molecule has 14 heavy (non-hydrogen) atoms. The summed E-state index contributed by atoms with van der Waals surface area (Å²) >= 11 is 6.01. The Labute approximate surface area is 86.7 Å². The van der Waals surface area contributed by atoms with Gasteiger partial charge in [-0.2, -0.15) is 0 Å². The topological polar surface area (TPSA) is 22.0 Å². The fourth-order valence-electron chi connectivity index (χ4n) is 1.36. The van der Waals surface area contributed by atoms with Gasteiger partial charge in [-0.05, 0) is 24.3 Å². The van der Waals surface area contributed by atoms with Gasteiger partial charge in [0.25, 0.3) is 0 Å². The molecule has 0 aliphatic rings. The highest BCUT2D eigenvalue weighted by atomic mass is 35.5. The molecule has 3 heteroatoms. The number of hydrogen-bond donors (Lipinski definition) is 0. The molecule has 0 atom stereocenters. The second-order valence-electron chi connectivity index (χ2n) is 2.87. The summed E-state index contributed by atoms with van der Waals surface area (Å²) in [6.45, 7) is 0. The van der Waals surface area contributed by atoms with Crippen LogP contribution in [0.5, 0.6) is 0 Å². The lowest BCUT2D eigenvalue weighted by Gasteiger charge is -2.06. The quantitative estimate of drug-likeness (QED) is 0.691. The third kappa shape index (κ3) is 1.44. The Balaban J connectivity index is 2.60. The van der Waals surface area contributed by atoms with E-state index in [1.807, 2.05) is 30.5 Å². The van der Waals surface area contributed by atoms with E-state index < -0.39 is 0 Å². The molecule has 2 aromatic rings. The fraction of sp³-hybridized carbons (Fsp3) is 0. The van der Waals surface area contributed by atoms with E-state index in [-0.39, 0.29) is 0 Å². The van der Waals surface area contributed by atoms with Crippen LogP contribution in [0, 0.1) is 0 Å². The van der Waals surface area contributed by atoms with Crippen molar-refractivity contribution in [3.8, 4) is 5.69 Å². The molecule has 0 spiro atoms. The van der Waals surface area contributed by atoms with Crippen molar-refractivity contribution >= 4 is 17.9 Å². The zero-order valence-corrected chi connectivity index (χ0v) is 8.11. The molecule has 0 aliphatic heterocycles. The first-order chi connectivity index (χ1) is 6.83. The number of nitrogens with zero attached hydrogens (tertiary/aromatic N) is 1. The van der Waals surface area contributed by atoms with Crippen molar-refractivity contribution in [1.82, 2.24) is 4.57 Å². The normalized spacial score (nSPS) is 10.1. The molecule has 0 unspecified atom stereocenters. The van der Waals surface area contributed by atoms with Gasteiger partial charge in [0, 0.05) is 6.20 Å². The maximum absolute atomic E-state index is 10.7. The molecule has 1 aromatic heterocycles. The van der Waals surface area contributed by atoms with Crippen LogP contribution in [0.2, 0.25) is 5.02 Å². The zero-order chi connectivity index (χ0) is 9.97. The van der Waals surface area contributed by atoms with Crippen LogP contribution in [0.3, 0.4) is 0 Å². The molecule has 0 fully saturated rings. The summed E-state index contributed by atoms with van der Waals surface area (Å²) in [4.78, 5) is 10.7. The number of halogens is 1. The van der Waals surface area contributed by atoms with Crippen LogP contribution < -0.4 is 0 Å². The Morgan fingerprint density at radius 2 is 1.93 bits per heavy atom. The lowest BCUT2D eigenvalue weighted by molar-refractivity contribution is 0.111. The summed E-state index contributed by atoms with van der Waals surface area (Å²) in [6, 6.07) is 11.0. The van der Waals surface area contributed by atoms with E-state index >= 15 is 0 Å². The van der Waals surface area contributed by atoms with E-state index in [0.717, 1.165) is 12.0 Å². The van der Waals surface area contributed by atoms with Crippen molar-refractivity contribution in [1.29, 1.82) is 0 Å². The number of hydrogen-bond acceptors (Lipinski definition) is 1. The van der Waals surface area contributed by atoms with E-state index in [1.54, 1.807) is 16.7 Å². The van der Waals surface area contributed by atoms with Crippen LogP contribution in [0.15, 0.2) is 42.6 Å². The van der Waals surface area contributed by atoms with Crippen LogP contribution in [-0.2, 0) is 0 Å². The molecule has 0 amide bonds. The van der Waals surface area contributed by atoms with E-state index in [4.69, 9.17) is 11.6 Å². The smallest absolute Gasteiger partial charge is 0.166 e. The molecule has 2 nitrogen and oxygen atoms in total. The first kappa shape index (κ1) is 9.03. The summed E-state index contributed by atoms with van der Waals surface area (Å²) in [5, 5.41) is 0.631. The second kappa shape index (κ2) is 3.68. The molecular weight excluding hydrogens is 198 g/mol. The number of benzene rings is 1. The molecule has 2 rings (SSSR count). The monoisotopic (exact) mass is 205 g/mol. The predicted octanol–water partition coefficient (Wildman–Crippen LogP) is 2.94. The lowest BCUT2D eigenvalue weighted by Crippen LogP contribution is -1.97. The highest BCUT2D eigenvalue weighted by Crippen LogP contribution is 2.20. The highest BCUT2D eigenvalue weighted by molar-refractivity contribution is 6.32. The molecule has 0 aliphatic carbocycles. The maximum Gasteiger partial charge on any atom is 0.166 e. The summed E-state index contributed by atoms with van der Waals surface area (Å²) in [7, 11) is 0. The van der Waals surface area contributed by atoms with Crippen molar-refractivity contribution in [2.45, 2.75) is 0 Å². The number of carbonyl (C=O) groups is 1. The molecule has 0 saturated heterocycles. The number of para-hydroxylation sites is 1. The van der Waals surface area contributed by atoms with Gasteiger partial charge in [0.2, 0.25) is 0 Å². The summed E-state index contributed by atoms with van der Waals surface area (Å²) in [5.74, 6) is 0. The largest absolute Gasteiger partial charge is 0.313 e. The standard InChI is InChI=1S/C11H8ClNO/c12-10-5-1-2-6-11(10)13-7-3-4-9(13)8-14/h1-8H. The van der Waals surface area contributed by atoms with Gasteiger partial charge in [-0.3, -0.25) is 4.79 Å². The number of rotatable bonds is 2. The first-order valence-corrected chi connectivity index (χ1v) is 4.58. The van der Waals surface area contributed by atoms with Crippen molar-refractivity contribution in [2.24, 2.45) is 0 Å². The Kier molecular flexibility index (Phi) is 2.37. The van der Waals surface area contributed by atoms with Gasteiger partial charge in [0.1, 0.15) is 0 Å². The minimum atomic E-state index is 0.595. The van der Waals surface area contributed by atoms with E-state index in [0.29, 0.717) is 10.7 Å². The van der Waals surface area contributed by atoms with E-state index in [2.05, 4.69) is 0 Å². The second-order valence-corrected chi connectivity index (χ2v) is 3.28. The molecule has 0 N–H and O–H groups in total. The van der Waals surface area contributed by atoms with Gasteiger partial charge < -0.3 is 4.57 Å². The van der Waals surface area contributed by atoms with Gasteiger partial charge >= 0.3 is 0 Å².